The molecule has 1 heterocycles. The molecule has 1 aliphatic heterocycles. The van der Waals surface area contributed by atoms with E-state index < -0.39 is 11.1 Å². The molecule has 0 bridgehead atoms. The first kappa shape index (κ1) is 18.6. The first-order valence-electron chi connectivity index (χ1n) is 8.01. The number of nitrogens with two attached hydrogens (primary N) is 1. The smallest absolute Gasteiger partial charge is 0.240 e. The molecule has 0 fully saturated rings. The van der Waals surface area contributed by atoms with Crippen molar-refractivity contribution in [3.8, 4) is 0 Å². The standard InChI is InChI=1S/C16H30N4O2.4H2/c1-15(17)10-8-6-4-5-7-9-11-16(2,14(22)18-3)20-12-19-13(15)21;;;;/h4-5,20H,6-12,17H2,1-3H3,(H,18,22)(H,19,21);4*1H/b5-4+;;;;/t15-,16-;;;;/m0..../s1. The third-order valence-corrected chi connectivity index (χ3v) is 4.26. The van der Waals surface area contributed by atoms with Crippen LogP contribution in [0.2, 0.25) is 0 Å². The lowest BCUT2D eigenvalue weighted by atomic mass is 9.92. The fraction of sp³-hybridized carbons (Fsp3) is 0.750. The van der Waals surface area contributed by atoms with Crippen molar-refractivity contribution in [2.75, 3.05) is 13.7 Å². The maximum atomic E-state index is 12.2. The monoisotopic (exact) mass is 318 g/mol. The van der Waals surface area contributed by atoms with Crippen molar-refractivity contribution in [3.05, 3.63) is 12.2 Å². The molecule has 0 spiro atoms. The Morgan fingerprint density at radius 3 is 2.45 bits per heavy atom. The van der Waals surface area contributed by atoms with Gasteiger partial charge in [-0.3, -0.25) is 14.9 Å². The van der Waals surface area contributed by atoms with Gasteiger partial charge < -0.3 is 16.4 Å². The molecule has 0 radical (unpaired) electrons. The molecule has 0 unspecified atom stereocenters. The predicted molar refractivity (Wildman–Crippen MR) is 96.5 cm³/mol. The second-order valence-corrected chi connectivity index (χ2v) is 6.44. The Hall–Kier alpha value is -1.40. The summed E-state index contributed by atoms with van der Waals surface area (Å²) in [6.45, 7) is 3.83. The number of amides is 2. The van der Waals surface area contributed by atoms with Crippen molar-refractivity contribution in [2.45, 2.75) is 63.5 Å². The van der Waals surface area contributed by atoms with Gasteiger partial charge in [-0.25, -0.2) is 0 Å². The number of hydrogen-bond donors (Lipinski definition) is 4. The molecule has 6 nitrogen and oxygen atoms in total. The van der Waals surface area contributed by atoms with Gasteiger partial charge >= 0.3 is 0 Å². The van der Waals surface area contributed by atoms with Crippen molar-refractivity contribution in [1.29, 1.82) is 0 Å². The number of allylic oxidation sites excluding steroid dienone is 2. The summed E-state index contributed by atoms with van der Waals surface area (Å²) in [5.74, 6) is -0.270. The lowest BCUT2D eigenvalue weighted by molar-refractivity contribution is -0.129. The molecule has 0 aliphatic carbocycles. The van der Waals surface area contributed by atoms with E-state index in [0.717, 1.165) is 25.7 Å². The molecule has 0 aromatic rings. The summed E-state index contributed by atoms with van der Waals surface area (Å²) in [5, 5.41) is 8.61. The minimum absolute atomic E-state index is 0. The van der Waals surface area contributed by atoms with Gasteiger partial charge in [0.05, 0.1) is 17.7 Å². The van der Waals surface area contributed by atoms with Gasteiger partial charge in [-0.1, -0.05) is 12.2 Å². The van der Waals surface area contributed by atoms with Gasteiger partial charge in [0.15, 0.2) is 0 Å². The molecule has 0 aromatic heterocycles. The van der Waals surface area contributed by atoms with Crippen LogP contribution in [-0.2, 0) is 9.59 Å². The predicted octanol–water partition coefficient (Wildman–Crippen LogP) is 1.77. The molecule has 2 amide bonds. The van der Waals surface area contributed by atoms with Crippen LogP contribution in [-0.4, -0.2) is 36.6 Å². The fourth-order valence-electron chi connectivity index (χ4n) is 2.59. The van der Waals surface area contributed by atoms with Gasteiger partial charge in [0, 0.05) is 12.8 Å². The van der Waals surface area contributed by atoms with E-state index in [1.165, 1.54) is 0 Å². The SMILES string of the molecule is CNC(=O)[C@]1(C)CCC/C=C/CCC[C@](C)(N)C(=O)NCN1.[HH].[HH].[HH].[HH]. The van der Waals surface area contributed by atoms with Gasteiger partial charge in [0.1, 0.15) is 0 Å². The van der Waals surface area contributed by atoms with Crippen LogP contribution in [0.4, 0.5) is 0 Å². The maximum absolute atomic E-state index is 12.2. The second-order valence-electron chi connectivity index (χ2n) is 6.44. The summed E-state index contributed by atoms with van der Waals surface area (Å²) < 4.78 is 0. The fourth-order valence-corrected chi connectivity index (χ4v) is 2.59. The second kappa shape index (κ2) is 8.29. The molecule has 5 N–H and O–H groups in total. The lowest BCUT2D eigenvalue weighted by Crippen LogP contribution is -2.59. The highest BCUT2D eigenvalue weighted by Gasteiger charge is 2.32. The normalized spacial score (nSPS) is 33.4. The van der Waals surface area contributed by atoms with Crippen molar-refractivity contribution in [2.24, 2.45) is 5.73 Å². The highest BCUT2D eigenvalue weighted by Crippen LogP contribution is 2.16. The first-order valence-corrected chi connectivity index (χ1v) is 8.01. The van der Waals surface area contributed by atoms with Crippen LogP contribution in [0, 0.1) is 0 Å². The van der Waals surface area contributed by atoms with Gasteiger partial charge in [-0.2, -0.15) is 0 Å². The van der Waals surface area contributed by atoms with E-state index in [-0.39, 0.29) is 24.2 Å². The lowest BCUT2D eigenvalue weighted by Gasteiger charge is -2.30. The highest BCUT2D eigenvalue weighted by molar-refractivity contribution is 5.86. The van der Waals surface area contributed by atoms with E-state index in [2.05, 4.69) is 28.1 Å². The Morgan fingerprint density at radius 1 is 1.27 bits per heavy atom. The third-order valence-electron chi connectivity index (χ3n) is 4.26. The Labute approximate surface area is 139 Å². The van der Waals surface area contributed by atoms with Gasteiger partial charge in [-0.05, 0) is 52.4 Å². The van der Waals surface area contributed by atoms with Crippen molar-refractivity contribution >= 4 is 11.8 Å². The van der Waals surface area contributed by atoms with Crippen LogP contribution in [0.3, 0.4) is 0 Å². The minimum Gasteiger partial charge on any atom is -0.358 e. The zero-order chi connectivity index (χ0) is 16.6. The van der Waals surface area contributed by atoms with Crippen LogP contribution in [0.25, 0.3) is 0 Å². The van der Waals surface area contributed by atoms with Crippen molar-refractivity contribution in [1.82, 2.24) is 16.0 Å². The van der Waals surface area contributed by atoms with Crippen LogP contribution >= 0.6 is 0 Å². The molecule has 1 aliphatic rings. The third kappa shape index (κ3) is 5.42. The maximum Gasteiger partial charge on any atom is 0.240 e. The van der Waals surface area contributed by atoms with Gasteiger partial charge in [0.2, 0.25) is 11.8 Å². The Bertz CT molecular complexity index is 436. The van der Waals surface area contributed by atoms with Crippen molar-refractivity contribution in [3.63, 3.8) is 0 Å². The minimum atomic E-state index is -0.886. The molecule has 2 atom stereocenters. The molecular weight excluding hydrogens is 280 g/mol. The topological polar surface area (TPSA) is 96.2 Å². The van der Waals surface area contributed by atoms with E-state index in [0.29, 0.717) is 12.8 Å². The zero-order valence-corrected chi connectivity index (χ0v) is 14.0. The van der Waals surface area contributed by atoms with Crippen molar-refractivity contribution < 1.29 is 15.3 Å². The van der Waals surface area contributed by atoms with Crippen LogP contribution in [0.1, 0.15) is 58.1 Å². The largest absolute Gasteiger partial charge is 0.358 e. The molecule has 22 heavy (non-hydrogen) atoms. The van der Waals surface area contributed by atoms with Gasteiger partial charge in [-0.15, -0.1) is 0 Å². The summed E-state index contributed by atoms with van der Waals surface area (Å²) in [6, 6.07) is 0. The van der Waals surface area contributed by atoms with E-state index in [1.54, 1.807) is 14.0 Å². The average molecular weight is 319 g/mol. The van der Waals surface area contributed by atoms with Crippen LogP contribution in [0.5, 0.6) is 0 Å². The van der Waals surface area contributed by atoms with Gasteiger partial charge in [0.25, 0.3) is 0 Å². The summed E-state index contributed by atoms with van der Waals surface area (Å²) in [5.41, 5.74) is 4.49. The van der Waals surface area contributed by atoms with E-state index >= 15 is 0 Å². The number of rotatable bonds is 1. The summed E-state index contributed by atoms with van der Waals surface area (Å²) in [4.78, 5) is 24.3. The zero-order valence-electron chi connectivity index (χ0n) is 14.0. The van der Waals surface area contributed by atoms with Crippen LogP contribution < -0.4 is 21.7 Å². The Morgan fingerprint density at radius 2 is 1.86 bits per heavy atom. The Balaban J connectivity index is -0.000000605. The van der Waals surface area contributed by atoms with E-state index in [1.807, 2.05) is 6.92 Å². The average Bonchev–Trinajstić information content (AvgIpc) is 2.48. The number of nitrogens with one attached hydrogen (secondary N) is 3. The number of carbonyl (C=O) groups is 2. The molecule has 0 saturated carbocycles. The molecule has 0 saturated heterocycles. The van der Waals surface area contributed by atoms with E-state index in [4.69, 9.17) is 5.73 Å². The summed E-state index contributed by atoms with van der Waals surface area (Å²) >= 11 is 0. The molecule has 6 heteroatoms. The number of likely N-dealkylation sites (N-methyl/N-ethyl adjacent to an activating group) is 1. The molecule has 1 rings (SSSR count). The first-order chi connectivity index (χ1) is 10.3. The number of carbonyl (C=O) groups excluding carboxylic acids is 2. The van der Waals surface area contributed by atoms with Crippen LogP contribution in [0.15, 0.2) is 12.2 Å². The summed E-state index contributed by atoms with van der Waals surface area (Å²) in [6.07, 6.45) is 9.28. The quantitative estimate of drug-likeness (QED) is 0.554. The Kier molecular flexibility index (Phi) is 7.03. The molecule has 0 aromatic carbocycles. The number of hydrogen-bond acceptors (Lipinski definition) is 4. The van der Waals surface area contributed by atoms with E-state index in [9.17, 15) is 9.59 Å². The highest BCUT2D eigenvalue weighted by atomic mass is 16.2. The molecule has 134 valence electrons. The molecular formula is C16H38N4O2. The summed E-state index contributed by atoms with van der Waals surface area (Å²) in [7, 11) is 1.62.